The van der Waals surface area contributed by atoms with Gasteiger partial charge in [0.25, 0.3) is 0 Å². The van der Waals surface area contributed by atoms with E-state index in [0.29, 0.717) is 0 Å². The number of halogens is 3. The van der Waals surface area contributed by atoms with Crippen molar-refractivity contribution < 1.29 is 13.6 Å². The molecule has 0 spiro atoms. The molecule has 0 aromatic heterocycles. The van der Waals surface area contributed by atoms with Gasteiger partial charge in [-0.05, 0) is 35.0 Å². The van der Waals surface area contributed by atoms with Gasteiger partial charge in [0, 0.05) is 12.1 Å². The highest BCUT2D eigenvalue weighted by molar-refractivity contribution is 9.10. The van der Waals surface area contributed by atoms with Gasteiger partial charge < -0.3 is 11.1 Å². The number of carbonyl (C=O) groups excluding carboxylic acids is 1. The van der Waals surface area contributed by atoms with Crippen molar-refractivity contribution in [2.45, 2.75) is 19.5 Å². The molecule has 0 aliphatic carbocycles. The molecule has 1 rings (SSSR count). The van der Waals surface area contributed by atoms with Crippen LogP contribution in [-0.2, 0) is 11.3 Å². The second-order valence-corrected chi connectivity index (χ2v) is 4.18. The van der Waals surface area contributed by atoms with Crippen LogP contribution in [-0.4, -0.2) is 11.9 Å². The molecule has 1 aromatic rings. The molecule has 3 N–H and O–H groups in total. The largest absolute Gasteiger partial charge is 0.368 e. The Morgan fingerprint density at radius 2 is 2.19 bits per heavy atom. The summed E-state index contributed by atoms with van der Waals surface area (Å²) in [4.78, 5) is 10.7. The third-order valence-electron chi connectivity index (χ3n) is 2.15. The lowest BCUT2D eigenvalue weighted by Crippen LogP contribution is -2.38. The van der Waals surface area contributed by atoms with E-state index in [-0.39, 0.29) is 16.6 Å². The van der Waals surface area contributed by atoms with Crippen molar-refractivity contribution in [1.29, 1.82) is 0 Å². The Labute approximate surface area is 100 Å². The lowest BCUT2D eigenvalue weighted by Gasteiger charge is -2.11. The monoisotopic (exact) mass is 292 g/mol. The molecule has 0 bridgehead atoms. The highest BCUT2D eigenvalue weighted by Gasteiger charge is 2.14. The van der Waals surface area contributed by atoms with E-state index in [0.717, 1.165) is 6.07 Å². The molecular weight excluding hydrogens is 282 g/mol. The van der Waals surface area contributed by atoms with E-state index in [4.69, 9.17) is 5.73 Å². The summed E-state index contributed by atoms with van der Waals surface area (Å²) in [5.74, 6) is -1.91. The van der Waals surface area contributed by atoms with Crippen LogP contribution in [0.1, 0.15) is 12.5 Å². The second kappa shape index (κ2) is 5.36. The first-order valence-corrected chi connectivity index (χ1v) is 5.38. The highest BCUT2D eigenvalue weighted by atomic mass is 79.9. The topological polar surface area (TPSA) is 55.1 Å². The average molecular weight is 293 g/mol. The third-order valence-corrected chi connectivity index (χ3v) is 2.76. The Kier molecular flexibility index (Phi) is 4.37. The van der Waals surface area contributed by atoms with Gasteiger partial charge in [-0.15, -0.1) is 0 Å². The van der Waals surface area contributed by atoms with Gasteiger partial charge in [-0.3, -0.25) is 4.79 Å². The van der Waals surface area contributed by atoms with Crippen molar-refractivity contribution in [2.24, 2.45) is 5.73 Å². The Hall–Kier alpha value is -1.01. The van der Waals surface area contributed by atoms with Gasteiger partial charge in [0.05, 0.1) is 10.5 Å². The zero-order chi connectivity index (χ0) is 12.3. The molecule has 0 aliphatic heterocycles. The molecule has 88 valence electrons. The maximum atomic E-state index is 13.5. The normalized spacial score (nSPS) is 12.5. The lowest BCUT2D eigenvalue weighted by atomic mass is 10.2. The van der Waals surface area contributed by atoms with Crippen LogP contribution in [0.25, 0.3) is 0 Å². The average Bonchev–Trinajstić information content (AvgIpc) is 2.23. The van der Waals surface area contributed by atoms with Gasteiger partial charge in [-0.2, -0.15) is 0 Å². The molecule has 6 heteroatoms. The molecule has 1 atom stereocenters. The van der Waals surface area contributed by atoms with Crippen LogP contribution in [0.4, 0.5) is 8.78 Å². The molecule has 0 radical (unpaired) electrons. The number of hydrogen-bond donors (Lipinski definition) is 2. The van der Waals surface area contributed by atoms with Crippen molar-refractivity contribution in [2.75, 3.05) is 0 Å². The zero-order valence-electron chi connectivity index (χ0n) is 8.56. The van der Waals surface area contributed by atoms with Crippen molar-refractivity contribution in [3.63, 3.8) is 0 Å². The smallest absolute Gasteiger partial charge is 0.234 e. The molecule has 1 aromatic carbocycles. The van der Waals surface area contributed by atoms with Gasteiger partial charge >= 0.3 is 0 Å². The number of benzene rings is 1. The molecule has 1 amide bonds. The van der Waals surface area contributed by atoms with E-state index in [2.05, 4.69) is 21.2 Å². The minimum absolute atomic E-state index is 0.0960. The maximum absolute atomic E-state index is 13.5. The summed E-state index contributed by atoms with van der Waals surface area (Å²) in [5.41, 5.74) is 4.89. The van der Waals surface area contributed by atoms with Crippen LogP contribution in [0, 0.1) is 11.6 Å². The van der Waals surface area contributed by atoms with Crippen LogP contribution in [0.2, 0.25) is 0 Å². The van der Waals surface area contributed by atoms with Crippen LogP contribution < -0.4 is 11.1 Å². The third kappa shape index (κ3) is 2.99. The highest BCUT2D eigenvalue weighted by Crippen LogP contribution is 2.21. The summed E-state index contributed by atoms with van der Waals surface area (Å²) in [6.45, 7) is 1.43. The Bertz CT molecular complexity index is 412. The zero-order valence-corrected chi connectivity index (χ0v) is 10.1. The van der Waals surface area contributed by atoms with Gasteiger partial charge in [-0.1, -0.05) is 0 Å². The molecular formula is C10H11BrF2N2O. The van der Waals surface area contributed by atoms with Crippen molar-refractivity contribution in [3.05, 3.63) is 33.8 Å². The number of primary amides is 1. The molecule has 0 heterocycles. The first kappa shape index (κ1) is 13.1. The minimum Gasteiger partial charge on any atom is -0.368 e. The predicted molar refractivity (Wildman–Crippen MR) is 59.6 cm³/mol. The maximum Gasteiger partial charge on any atom is 0.234 e. The molecule has 0 saturated heterocycles. The fourth-order valence-corrected chi connectivity index (χ4v) is 1.46. The van der Waals surface area contributed by atoms with E-state index in [1.165, 1.54) is 13.0 Å². The van der Waals surface area contributed by atoms with Crippen molar-refractivity contribution in [3.8, 4) is 0 Å². The van der Waals surface area contributed by atoms with E-state index < -0.39 is 23.6 Å². The Morgan fingerprint density at radius 1 is 1.56 bits per heavy atom. The minimum atomic E-state index is -0.677. The summed E-state index contributed by atoms with van der Waals surface area (Å²) >= 11 is 2.96. The van der Waals surface area contributed by atoms with Crippen LogP contribution in [0.15, 0.2) is 16.6 Å². The first-order chi connectivity index (χ1) is 7.43. The van der Waals surface area contributed by atoms with Crippen LogP contribution in [0.5, 0.6) is 0 Å². The quantitative estimate of drug-likeness (QED) is 0.830. The number of amides is 1. The molecule has 16 heavy (non-hydrogen) atoms. The van der Waals surface area contributed by atoms with Crippen LogP contribution >= 0.6 is 15.9 Å². The van der Waals surface area contributed by atoms with E-state index >= 15 is 0 Å². The van der Waals surface area contributed by atoms with Crippen LogP contribution in [0.3, 0.4) is 0 Å². The summed E-state index contributed by atoms with van der Waals surface area (Å²) in [5, 5.41) is 2.63. The number of rotatable bonds is 4. The molecule has 1 unspecified atom stereocenters. The van der Waals surface area contributed by atoms with Gasteiger partial charge in [0.15, 0.2) is 0 Å². The van der Waals surface area contributed by atoms with Gasteiger partial charge in [0.1, 0.15) is 11.6 Å². The number of nitrogens with two attached hydrogens (primary N) is 1. The van der Waals surface area contributed by atoms with E-state index in [9.17, 15) is 13.6 Å². The van der Waals surface area contributed by atoms with Gasteiger partial charge in [0.2, 0.25) is 5.91 Å². The molecule has 0 saturated carbocycles. The summed E-state index contributed by atoms with van der Waals surface area (Å²) in [6.07, 6.45) is 0. The number of carbonyl (C=O) groups is 1. The lowest BCUT2D eigenvalue weighted by molar-refractivity contribution is -0.119. The fourth-order valence-electron chi connectivity index (χ4n) is 1.09. The number of nitrogens with one attached hydrogen (secondary N) is 1. The second-order valence-electron chi connectivity index (χ2n) is 3.33. The van der Waals surface area contributed by atoms with Crippen molar-refractivity contribution >= 4 is 21.8 Å². The van der Waals surface area contributed by atoms with Crippen molar-refractivity contribution in [1.82, 2.24) is 5.32 Å². The summed E-state index contributed by atoms with van der Waals surface area (Å²) in [7, 11) is 0. The Balaban J connectivity index is 2.81. The predicted octanol–water partition coefficient (Wildman–Crippen LogP) is 1.69. The molecule has 0 fully saturated rings. The SMILES string of the molecule is CC(NCc1c(F)ccc(Br)c1F)C(N)=O. The van der Waals surface area contributed by atoms with E-state index in [1.807, 2.05) is 0 Å². The Morgan fingerprint density at radius 3 is 2.75 bits per heavy atom. The standard InChI is InChI=1S/C10H11BrF2N2O/c1-5(10(14)16)15-4-6-8(12)3-2-7(11)9(6)13/h2-3,5,15H,4H2,1H3,(H2,14,16). The van der Waals surface area contributed by atoms with Gasteiger partial charge in [-0.25, -0.2) is 8.78 Å². The number of hydrogen-bond acceptors (Lipinski definition) is 2. The first-order valence-electron chi connectivity index (χ1n) is 4.58. The summed E-state index contributed by atoms with van der Waals surface area (Å²) < 4.78 is 26.9. The molecule has 3 nitrogen and oxygen atoms in total. The fraction of sp³-hybridized carbons (Fsp3) is 0.300. The summed E-state index contributed by atoms with van der Waals surface area (Å²) in [6, 6.07) is 1.79. The van der Waals surface area contributed by atoms with E-state index in [1.54, 1.807) is 0 Å². The molecule has 0 aliphatic rings.